The van der Waals surface area contributed by atoms with Crippen LogP contribution in [0.25, 0.3) is 11.3 Å². The van der Waals surface area contributed by atoms with Gasteiger partial charge in [0, 0.05) is 18.4 Å². The molecule has 0 amide bonds. The van der Waals surface area contributed by atoms with Gasteiger partial charge in [-0.15, -0.1) is 5.10 Å². The maximum atomic E-state index is 13.7. The van der Waals surface area contributed by atoms with E-state index in [-0.39, 0.29) is 17.7 Å². The molecule has 0 bridgehead atoms. The zero-order chi connectivity index (χ0) is 23.7. The predicted molar refractivity (Wildman–Crippen MR) is 114 cm³/mol. The van der Waals surface area contributed by atoms with E-state index in [0.29, 0.717) is 19.6 Å². The first kappa shape index (κ1) is 23.0. The van der Waals surface area contributed by atoms with Gasteiger partial charge in [-0.2, -0.15) is 0 Å². The van der Waals surface area contributed by atoms with Gasteiger partial charge >= 0.3 is 0 Å². The molecule has 2 fully saturated rings. The zero-order valence-electron chi connectivity index (χ0n) is 18.2. The summed E-state index contributed by atoms with van der Waals surface area (Å²) in [6, 6.07) is 11.4. The highest BCUT2D eigenvalue weighted by Gasteiger charge is 2.52. The van der Waals surface area contributed by atoms with Gasteiger partial charge in [-0.1, -0.05) is 35.5 Å². The Morgan fingerprint density at radius 2 is 1.88 bits per heavy atom. The van der Waals surface area contributed by atoms with Crippen LogP contribution in [0.4, 0.5) is 13.2 Å². The maximum Gasteiger partial charge on any atom is 0.197 e. The van der Waals surface area contributed by atoms with E-state index in [0.717, 1.165) is 30.5 Å². The molecule has 2 aromatic carbocycles. The van der Waals surface area contributed by atoms with Crippen LogP contribution in [-0.2, 0) is 20.8 Å². The van der Waals surface area contributed by atoms with Crippen LogP contribution in [0.15, 0.2) is 48.7 Å². The van der Waals surface area contributed by atoms with Gasteiger partial charge in [-0.3, -0.25) is 0 Å². The van der Waals surface area contributed by atoms with Crippen LogP contribution >= 0.6 is 0 Å². The molecule has 34 heavy (non-hydrogen) atoms. The van der Waals surface area contributed by atoms with Crippen LogP contribution in [0.1, 0.15) is 37.5 Å². The van der Waals surface area contributed by atoms with Gasteiger partial charge in [-0.05, 0) is 30.5 Å². The molecular formula is C24H24F3N3O4. The van der Waals surface area contributed by atoms with Gasteiger partial charge in [0.15, 0.2) is 29.5 Å². The number of halogens is 3. The van der Waals surface area contributed by atoms with Crippen molar-refractivity contribution in [2.24, 2.45) is 0 Å². The van der Waals surface area contributed by atoms with Crippen LogP contribution in [0.5, 0.6) is 0 Å². The van der Waals surface area contributed by atoms with Crippen molar-refractivity contribution in [3.05, 3.63) is 71.7 Å². The number of hydrogen-bond donors (Lipinski definition) is 1. The summed E-state index contributed by atoms with van der Waals surface area (Å²) in [4.78, 5) is 0. The Bertz CT molecular complexity index is 1110. The number of hydrogen-bond acceptors (Lipinski definition) is 6. The van der Waals surface area contributed by atoms with E-state index >= 15 is 0 Å². The standard InChI is InChI=1S/C24H24F3N3O4/c25-17-10-16(11-18(26)22(17)27)19-13-30(29-28-19)23-20(31)12-21(24(34-23)8-4-5-9-33-24)32-14-15-6-2-1-3-7-15/h1-3,6-7,10-11,13,20-21,23,31H,4-5,8-9,12,14H2/t20-,21-,23-,24+/m1/s1. The quantitative estimate of drug-likeness (QED) is 0.560. The summed E-state index contributed by atoms with van der Waals surface area (Å²) in [5, 5.41) is 18.8. The summed E-state index contributed by atoms with van der Waals surface area (Å²) < 4.78 is 60.4. The van der Waals surface area contributed by atoms with Crippen LogP contribution in [0.2, 0.25) is 0 Å². The maximum absolute atomic E-state index is 13.7. The highest BCUT2D eigenvalue weighted by atomic mass is 19.2. The summed E-state index contributed by atoms with van der Waals surface area (Å²) in [6.45, 7) is 0.831. The summed E-state index contributed by atoms with van der Waals surface area (Å²) in [6.07, 6.45) is 1.48. The van der Waals surface area contributed by atoms with Gasteiger partial charge in [-0.25, -0.2) is 17.9 Å². The molecule has 3 aromatic rings. The number of ether oxygens (including phenoxy) is 3. The molecule has 0 unspecified atom stereocenters. The van der Waals surface area contributed by atoms with Gasteiger partial charge in [0.05, 0.1) is 19.4 Å². The van der Waals surface area contributed by atoms with Gasteiger partial charge < -0.3 is 19.3 Å². The second-order valence-corrected chi connectivity index (χ2v) is 8.55. The highest BCUT2D eigenvalue weighted by Crippen LogP contribution is 2.42. The van der Waals surface area contributed by atoms with Crippen molar-refractivity contribution >= 4 is 0 Å². The van der Waals surface area contributed by atoms with E-state index in [1.807, 2.05) is 30.3 Å². The lowest BCUT2D eigenvalue weighted by Crippen LogP contribution is -2.58. The van der Waals surface area contributed by atoms with Crippen molar-refractivity contribution in [1.29, 1.82) is 0 Å². The Morgan fingerprint density at radius 3 is 2.59 bits per heavy atom. The minimum atomic E-state index is -1.56. The minimum absolute atomic E-state index is 0.0145. The molecule has 4 atom stereocenters. The Kier molecular flexibility index (Phi) is 6.39. The smallest absolute Gasteiger partial charge is 0.197 e. The first-order valence-corrected chi connectivity index (χ1v) is 11.2. The lowest BCUT2D eigenvalue weighted by atomic mass is 9.92. The SMILES string of the molecule is O[C@@H]1C[C@@H](OCc2ccccc2)[C@]2(CCCCO2)O[C@H]1n1cc(-c2cc(F)c(F)c(F)c2)nn1. The molecule has 10 heteroatoms. The van der Waals surface area contributed by atoms with Crippen molar-refractivity contribution in [3.63, 3.8) is 0 Å². The monoisotopic (exact) mass is 475 g/mol. The molecule has 1 aromatic heterocycles. The zero-order valence-corrected chi connectivity index (χ0v) is 18.2. The molecule has 0 radical (unpaired) electrons. The normalized spacial score (nSPS) is 27.2. The Hall–Kier alpha value is -2.79. The first-order chi connectivity index (χ1) is 16.4. The van der Waals surface area contributed by atoms with Gasteiger partial charge in [0.25, 0.3) is 0 Å². The third-order valence-electron chi connectivity index (χ3n) is 6.21. The predicted octanol–water partition coefficient (Wildman–Crippen LogP) is 4.12. The number of aromatic nitrogens is 3. The van der Waals surface area contributed by atoms with Crippen molar-refractivity contribution < 1.29 is 32.5 Å². The van der Waals surface area contributed by atoms with Gasteiger partial charge in [0.1, 0.15) is 17.9 Å². The van der Waals surface area contributed by atoms with Crippen LogP contribution in [-0.4, -0.2) is 44.7 Å². The van der Waals surface area contributed by atoms with Crippen molar-refractivity contribution in [2.75, 3.05) is 6.61 Å². The second-order valence-electron chi connectivity index (χ2n) is 8.55. The number of nitrogens with zero attached hydrogens (tertiary/aromatic N) is 3. The van der Waals surface area contributed by atoms with Crippen molar-refractivity contribution in [1.82, 2.24) is 15.0 Å². The molecule has 2 aliphatic heterocycles. The Balaban J connectivity index is 1.38. The van der Waals surface area contributed by atoms with Gasteiger partial charge in [0.2, 0.25) is 0 Å². The average molecular weight is 475 g/mol. The van der Waals surface area contributed by atoms with E-state index in [9.17, 15) is 18.3 Å². The van der Waals surface area contributed by atoms with Crippen molar-refractivity contribution in [2.45, 2.75) is 56.5 Å². The number of aliphatic hydroxyl groups excluding tert-OH is 1. The molecule has 3 heterocycles. The summed E-state index contributed by atoms with van der Waals surface area (Å²) in [5.74, 6) is -5.28. The molecule has 5 rings (SSSR count). The van der Waals surface area contributed by atoms with Crippen LogP contribution in [0, 0.1) is 17.5 Å². The third-order valence-corrected chi connectivity index (χ3v) is 6.21. The van der Waals surface area contributed by atoms with E-state index < -0.39 is 41.7 Å². The Morgan fingerprint density at radius 1 is 1.12 bits per heavy atom. The van der Waals surface area contributed by atoms with E-state index in [1.165, 1.54) is 10.9 Å². The summed E-state index contributed by atoms with van der Waals surface area (Å²) in [7, 11) is 0. The molecule has 1 spiro atoms. The van der Waals surface area contributed by atoms with E-state index in [4.69, 9.17) is 14.2 Å². The number of rotatable bonds is 5. The molecule has 2 aliphatic rings. The Labute approximate surface area is 194 Å². The molecule has 7 nitrogen and oxygen atoms in total. The summed E-state index contributed by atoms with van der Waals surface area (Å²) in [5.41, 5.74) is 1.11. The third kappa shape index (κ3) is 4.46. The molecule has 2 saturated heterocycles. The topological polar surface area (TPSA) is 78.6 Å². The largest absolute Gasteiger partial charge is 0.388 e. The highest BCUT2D eigenvalue weighted by molar-refractivity contribution is 5.57. The van der Waals surface area contributed by atoms with E-state index in [1.54, 1.807) is 0 Å². The number of benzene rings is 2. The fourth-order valence-corrected chi connectivity index (χ4v) is 4.44. The van der Waals surface area contributed by atoms with E-state index in [2.05, 4.69) is 10.3 Å². The summed E-state index contributed by atoms with van der Waals surface area (Å²) >= 11 is 0. The molecular weight excluding hydrogens is 451 g/mol. The minimum Gasteiger partial charge on any atom is -0.388 e. The number of aliphatic hydroxyl groups is 1. The van der Waals surface area contributed by atoms with Crippen LogP contribution < -0.4 is 0 Å². The second kappa shape index (κ2) is 9.46. The lowest BCUT2D eigenvalue weighted by Gasteiger charge is -2.49. The first-order valence-electron chi connectivity index (χ1n) is 11.2. The van der Waals surface area contributed by atoms with Crippen molar-refractivity contribution in [3.8, 4) is 11.3 Å². The molecule has 0 saturated carbocycles. The van der Waals surface area contributed by atoms with Crippen LogP contribution in [0.3, 0.4) is 0 Å². The molecule has 180 valence electrons. The average Bonchev–Trinajstić information content (AvgIpc) is 3.34. The fourth-order valence-electron chi connectivity index (χ4n) is 4.44. The molecule has 0 aliphatic carbocycles. The lowest BCUT2D eigenvalue weighted by molar-refractivity contribution is -0.373. The fraction of sp³-hybridized carbons (Fsp3) is 0.417. The molecule has 1 N–H and O–H groups in total.